The first-order valence-corrected chi connectivity index (χ1v) is 6.74. The Morgan fingerprint density at radius 3 is 2.79 bits per heavy atom. The third kappa shape index (κ3) is 4.01. The average Bonchev–Trinajstić information content (AvgIpc) is 2.40. The van der Waals surface area contributed by atoms with Crippen molar-refractivity contribution in [2.24, 2.45) is 0 Å². The van der Waals surface area contributed by atoms with Gasteiger partial charge in [0.05, 0.1) is 0 Å². The molecule has 1 aliphatic rings. The van der Waals surface area contributed by atoms with Crippen LogP contribution in [0.25, 0.3) is 0 Å². The van der Waals surface area contributed by atoms with Crippen LogP contribution in [0.3, 0.4) is 0 Å². The number of nitrogens with one attached hydrogen (secondary N) is 2. The smallest absolute Gasteiger partial charge is 0.227 e. The van der Waals surface area contributed by atoms with Crippen LogP contribution in [0.1, 0.15) is 20.3 Å². The largest absolute Gasteiger partial charge is 0.314 e. The Balaban J connectivity index is 1.90. The molecule has 0 bridgehead atoms. The number of nitrogens with zero attached hydrogens (tertiary/aromatic N) is 2. The zero-order valence-corrected chi connectivity index (χ0v) is 11.6. The molecule has 1 aliphatic heterocycles. The zero-order chi connectivity index (χ0) is 13.7. The summed E-state index contributed by atoms with van der Waals surface area (Å²) in [6, 6.07) is 5.50. The van der Waals surface area contributed by atoms with Gasteiger partial charge in [-0.05, 0) is 26.0 Å². The van der Waals surface area contributed by atoms with Gasteiger partial charge in [0.15, 0.2) is 0 Å². The third-order valence-electron chi connectivity index (χ3n) is 3.50. The molecule has 0 spiro atoms. The maximum Gasteiger partial charge on any atom is 0.227 e. The van der Waals surface area contributed by atoms with E-state index >= 15 is 0 Å². The fourth-order valence-corrected chi connectivity index (χ4v) is 2.40. The predicted molar refractivity (Wildman–Crippen MR) is 76.0 cm³/mol. The first-order chi connectivity index (χ1) is 9.08. The number of piperazine rings is 1. The molecule has 0 aromatic carbocycles. The van der Waals surface area contributed by atoms with E-state index < -0.39 is 0 Å². The normalized spacial score (nSPS) is 17.2. The van der Waals surface area contributed by atoms with Crippen LogP contribution in [0.2, 0.25) is 0 Å². The van der Waals surface area contributed by atoms with Crippen molar-refractivity contribution in [2.45, 2.75) is 25.8 Å². The minimum absolute atomic E-state index is 0.0160. The molecule has 1 aromatic heterocycles. The Kier molecular flexibility index (Phi) is 4.50. The number of amides is 1. The van der Waals surface area contributed by atoms with E-state index in [4.69, 9.17) is 0 Å². The van der Waals surface area contributed by atoms with Crippen LogP contribution in [0.5, 0.6) is 0 Å². The van der Waals surface area contributed by atoms with Crippen LogP contribution in [0.15, 0.2) is 24.4 Å². The van der Waals surface area contributed by atoms with Crippen molar-refractivity contribution in [1.29, 1.82) is 0 Å². The fraction of sp³-hybridized carbons (Fsp3) is 0.571. The summed E-state index contributed by atoms with van der Waals surface area (Å²) in [5.41, 5.74) is -0.124. The van der Waals surface area contributed by atoms with Crippen molar-refractivity contribution < 1.29 is 4.79 Å². The van der Waals surface area contributed by atoms with Gasteiger partial charge < -0.3 is 10.6 Å². The highest BCUT2D eigenvalue weighted by Gasteiger charge is 2.30. The van der Waals surface area contributed by atoms with Crippen LogP contribution < -0.4 is 10.6 Å². The zero-order valence-electron chi connectivity index (χ0n) is 11.6. The standard InChI is InChI=1S/C14H22N4O/c1-14(2,18-9-7-15-8-10-18)11-13(19)17-12-5-3-4-6-16-12/h3-6,15H,7-11H2,1-2H3,(H,16,17,19). The summed E-state index contributed by atoms with van der Waals surface area (Å²) in [5, 5.41) is 6.17. The molecule has 2 heterocycles. The molecule has 0 atom stereocenters. The second kappa shape index (κ2) is 6.12. The topological polar surface area (TPSA) is 57.3 Å². The number of carbonyl (C=O) groups excluding carboxylic acids is 1. The summed E-state index contributed by atoms with van der Waals surface area (Å²) in [4.78, 5) is 18.5. The molecule has 2 N–H and O–H groups in total. The van der Waals surface area contributed by atoms with Crippen molar-refractivity contribution in [3.63, 3.8) is 0 Å². The van der Waals surface area contributed by atoms with E-state index in [1.54, 1.807) is 12.3 Å². The van der Waals surface area contributed by atoms with Gasteiger partial charge in [-0.15, -0.1) is 0 Å². The molecule has 1 aromatic rings. The number of anilines is 1. The van der Waals surface area contributed by atoms with Crippen molar-refractivity contribution in [1.82, 2.24) is 15.2 Å². The van der Waals surface area contributed by atoms with Crippen molar-refractivity contribution in [3.05, 3.63) is 24.4 Å². The van der Waals surface area contributed by atoms with Crippen LogP contribution in [0, 0.1) is 0 Å². The van der Waals surface area contributed by atoms with E-state index in [2.05, 4.69) is 34.4 Å². The lowest BCUT2D eigenvalue weighted by atomic mass is 9.96. The lowest BCUT2D eigenvalue weighted by Gasteiger charge is -2.40. The molecule has 1 fully saturated rings. The maximum absolute atomic E-state index is 12.1. The number of aromatic nitrogens is 1. The fourth-order valence-electron chi connectivity index (χ4n) is 2.40. The highest BCUT2D eigenvalue weighted by Crippen LogP contribution is 2.20. The average molecular weight is 262 g/mol. The minimum atomic E-state index is -0.124. The van der Waals surface area contributed by atoms with Gasteiger partial charge in [-0.25, -0.2) is 4.98 Å². The molecule has 0 saturated carbocycles. The number of carbonyl (C=O) groups is 1. The van der Waals surface area contributed by atoms with Gasteiger partial charge in [-0.1, -0.05) is 6.07 Å². The van der Waals surface area contributed by atoms with Gasteiger partial charge in [0, 0.05) is 44.3 Å². The Bertz CT molecular complexity index is 413. The van der Waals surface area contributed by atoms with Gasteiger partial charge in [0.1, 0.15) is 5.82 Å². The highest BCUT2D eigenvalue weighted by molar-refractivity contribution is 5.90. The minimum Gasteiger partial charge on any atom is -0.314 e. The molecule has 0 unspecified atom stereocenters. The molecule has 104 valence electrons. The lowest BCUT2D eigenvalue weighted by molar-refractivity contribution is -0.118. The quantitative estimate of drug-likeness (QED) is 0.853. The summed E-state index contributed by atoms with van der Waals surface area (Å²) in [6.45, 7) is 8.21. The number of rotatable bonds is 4. The van der Waals surface area contributed by atoms with Crippen LogP contribution in [-0.2, 0) is 4.79 Å². The Morgan fingerprint density at radius 1 is 1.42 bits per heavy atom. The molecule has 2 rings (SSSR count). The molecule has 5 heteroatoms. The van der Waals surface area contributed by atoms with Gasteiger partial charge in [0.2, 0.25) is 5.91 Å². The molecule has 1 saturated heterocycles. The van der Waals surface area contributed by atoms with Crippen LogP contribution in [-0.4, -0.2) is 47.5 Å². The van der Waals surface area contributed by atoms with Gasteiger partial charge in [-0.3, -0.25) is 9.69 Å². The molecular weight excluding hydrogens is 240 g/mol. The monoisotopic (exact) mass is 262 g/mol. The first-order valence-electron chi connectivity index (χ1n) is 6.74. The van der Waals surface area contributed by atoms with E-state index in [1.807, 2.05) is 12.1 Å². The molecule has 0 radical (unpaired) electrons. The van der Waals surface area contributed by atoms with Crippen molar-refractivity contribution >= 4 is 11.7 Å². The summed E-state index contributed by atoms with van der Waals surface area (Å²) in [5.74, 6) is 0.630. The van der Waals surface area contributed by atoms with Crippen molar-refractivity contribution in [3.8, 4) is 0 Å². The molecule has 5 nitrogen and oxygen atoms in total. The third-order valence-corrected chi connectivity index (χ3v) is 3.50. The maximum atomic E-state index is 12.1. The summed E-state index contributed by atoms with van der Waals surface area (Å²) in [7, 11) is 0. The molecule has 1 amide bonds. The predicted octanol–water partition coefficient (Wildman–Crippen LogP) is 1.09. The van der Waals surface area contributed by atoms with E-state index in [0.29, 0.717) is 12.2 Å². The Morgan fingerprint density at radius 2 is 2.16 bits per heavy atom. The van der Waals surface area contributed by atoms with Crippen LogP contribution in [0.4, 0.5) is 5.82 Å². The summed E-state index contributed by atoms with van der Waals surface area (Å²) < 4.78 is 0. The second-order valence-corrected chi connectivity index (χ2v) is 5.49. The molecule has 0 aliphatic carbocycles. The highest BCUT2D eigenvalue weighted by atomic mass is 16.1. The summed E-state index contributed by atoms with van der Waals surface area (Å²) in [6.07, 6.45) is 2.15. The Hall–Kier alpha value is -1.46. The van der Waals surface area contributed by atoms with Gasteiger partial charge >= 0.3 is 0 Å². The van der Waals surface area contributed by atoms with E-state index in [-0.39, 0.29) is 11.4 Å². The van der Waals surface area contributed by atoms with Gasteiger partial charge in [0.25, 0.3) is 0 Å². The number of hydrogen-bond donors (Lipinski definition) is 2. The molecule has 19 heavy (non-hydrogen) atoms. The summed E-state index contributed by atoms with van der Waals surface area (Å²) >= 11 is 0. The first kappa shape index (κ1) is 14.0. The van der Waals surface area contributed by atoms with E-state index in [1.165, 1.54) is 0 Å². The van der Waals surface area contributed by atoms with Gasteiger partial charge in [-0.2, -0.15) is 0 Å². The van der Waals surface area contributed by atoms with E-state index in [9.17, 15) is 4.79 Å². The van der Waals surface area contributed by atoms with E-state index in [0.717, 1.165) is 26.2 Å². The number of pyridine rings is 1. The SMILES string of the molecule is CC(C)(CC(=O)Nc1ccccn1)N1CCNCC1. The Labute approximate surface area is 114 Å². The number of hydrogen-bond acceptors (Lipinski definition) is 4. The molecular formula is C14H22N4O. The lowest BCUT2D eigenvalue weighted by Crippen LogP contribution is -2.54. The van der Waals surface area contributed by atoms with Crippen molar-refractivity contribution in [2.75, 3.05) is 31.5 Å². The van der Waals surface area contributed by atoms with Crippen LogP contribution >= 0.6 is 0 Å². The second-order valence-electron chi connectivity index (χ2n) is 5.49.